The van der Waals surface area contributed by atoms with Crippen molar-refractivity contribution in [1.29, 1.82) is 0 Å². The van der Waals surface area contributed by atoms with Gasteiger partial charge < -0.3 is 20.4 Å². The number of fused-ring (bicyclic) bond motifs is 3. The summed E-state index contributed by atoms with van der Waals surface area (Å²) >= 11 is 0. The minimum Gasteiger partial charge on any atom is -0.508 e. The Kier molecular flexibility index (Phi) is 5.72. The van der Waals surface area contributed by atoms with E-state index >= 15 is 0 Å². The second-order valence-corrected chi connectivity index (χ2v) is 10.7. The Balaban J connectivity index is 1.60. The van der Waals surface area contributed by atoms with Crippen molar-refractivity contribution >= 4 is 0 Å². The summed E-state index contributed by atoms with van der Waals surface area (Å²) in [7, 11) is 0. The van der Waals surface area contributed by atoms with E-state index in [9.17, 15) is 20.4 Å². The summed E-state index contributed by atoms with van der Waals surface area (Å²) < 4.78 is 0. The highest BCUT2D eigenvalue weighted by molar-refractivity contribution is 5.79. The lowest BCUT2D eigenvalue weighted by Crippen LogP contribution is -2.30. The summed E-state index contributed by atoms with van der Waals surface area (Å²) in [6, 6.07) is 36.3. The molecule has 1 atom stereocenters. The molecule has 200 valence electrons. The molecule has 0 bridgehead atoms. The van der Waals surface area contributed by atoms with Gasteiger partial charge in [0, 0.05) is 17.0 Å². The molecule has 4 nitrogen and oxygen atoms in total. The van der Waals surface area contributed by atoms with Crippen molar-refractivity contribution in [1.82, 2.24) is 0 Å². The Labute approximate surface area is 238 Å². The third kappa shape index (κ3) is 3.83. The summed E-state index contributed by atoms with van der Waals surface area (Å²) in [5.74, 6) is 0.647. The zero-order valence-corrected chi connectivity index (χ0v) is 22.2. The van der Waals surface area contributed by atoms with Crippen molar-refractivity contribution in [2.75, 3.05) is 0 Å². The van der Waals surface area contributed by atoms with Gasteiger partial charge in [-0.15, -0.1) is 0 Å². The van der Waals surface area contributed by atoms with E-state index in [0.717, 1.165) is 39.0 Å². The number of hydrogen-bond donors (Lipinski definition) is 4. The molecule has 0 spiro atoms. The molecule has 0 aromatic heterocycles. The van der Waals surface area contributed by atoms with Crippen molar-refractivity contribution < 1.29 is 20.4 Å². The van der Waals surface area contributed by atoms with Gasteiger partial charge in [-0.25, -0.2) is 0 Å². The minimum atomic E-state index is -0.921. The molecular weight excluding hydrogens is 508 g/mol. The molecular formula is C37H28O4. The van der Waals surface area contributed by atoms with Crippen LogP contribution in [-0.2, 0) is 5.41 Å². The van der Waals surface area contributed by atoms with E-state index in [4.69, 9.17) is 0 Å². The van der Waals surface area contributed by atoms with Crippen molar-refractivity contribution in [3.63, 3.8) is 0 Å². The number of aliphatic hydroxyl groups excluding tert-OH is 1. The van der Waals surface area contributed by atoms with Gasteiger partial charge in [0.25, 0.3) is 0 Å². The molecule has 5 aromatic carbocycles. The smallest absolute Gasteiger partial charge is 0.123 e. The van der Waals surface area contributed by atoms with Crippen LogP contribution < -0.4 is 0 Å². The van der Waals surface area contributed by atoms with Crippen LogP contribution >= 0.6 is 0 Å². The molecule has 1 unspecified atom stereocenters. The molecule has 5 aromatic rings. The summed E-state index contributed by atoms with van der Waals surface area (Å²) in [6.45, 7) is 0. The maximum absolute atomic E-state index is 11.0. The molecule has 0 heterocycles. The summed E-state index contributed by atoms with van der Waals surface area (Å²) in [5.41, 5.74) is 6.93. The second-order valence-electron chi connectivity index (χ2n) is 10.7. The van der Waals surface area contributed by atoms with Gasteiger partial charge in [0.2, 0.25) is 0 Å². The molecule has 0 saturated heterocycles. The predicted octanol–water partition coefficient (Wildman–Crippen LogP) is 8.34. The summed E-state index contributed by atoms with van der Waals surface area (Å²) in [6.07, 6.45) is 4.29. The van der Waals surface area contributed by atoms with Crippen LogP contribution in [0.3, 0.4) is 0 Å². The molecule has 0 radical (unpaired) electrons. The highest BCUT2D eigenvalue weighted by Crippen LogP contribution is 2.61. The largest absolute Gasteiger partial charge is 0.508 e. The Morgan fingerprint density at radius 2 is 1.15 bits per heavy atom. The van der Waals surface area contributed by atoms with Gasteiger partial charge in [0.1, 0.15) is 23.0 Å². The normalized spacial score (nSPS) is 16.8. The van der Waals surface area contributed by atoms with Crippen LogP contribution in [-0.4, -0.2) is 20.4 Å². The average molecular weight is 537 g/mol. The number of benzene rings is 5. The molecule has 2 aliphatic carbocycles. The quantitative estimate of drug-likeness (QED) is 0.186. The Morgan fingerprint density at radius 3 is 1.71 bits per heavy atom. The topological polar surface area (TPSA) is 80.9 Å². The van der Waals surface area contributed by atoms with E-state index in [2.05, 4.69) is 0 Å². The maximum Gasteiger partial charge on any atom is 0.123 e. The van der Waals surface area contributed by atoms with Gasteiger partial charge >= 0.3 is 0 Å². The zero-order chi connectivity index (χ0) is 28.1. The first-order valence-electron chi connectivity index (χ1n) is 13.7. The zero-order valence-electron chi connectivity index (χ0n) is 22.2. The first-order valence-corrected chi connectivity index (χ1v) is 13.7. The van der Waals surface area contributed by atoms with E-state index in [1.54, 1.807) is 18.2 Å². The lowest BCUT2D eigenvalue weighted by atomic mass is 9.65. The van der Waals surface area contributed by atoms with Gasteiger partial charge in [-0.3, -0.25) is 0 Å². The first kappa shape index (κ1) is 24.8. The van der Waals surface area contributed by atoms with Crippen LogP contribution in [0.5, 0.6) is 17.2 Å². The second kappa shape index (κ2) is 9.46. The Bertz CT molecular complexity index is 1760. The van der Waals surface area contributed by atoms with Gasteiger partial charge in [0.15, 0.2) is 0 Å². The number of phenols is 3. The average Bonchev–Trinajstić information content (AvgIpc) is 3.28. The number of rotatable bonds is 4. The number of allylic oxidation sites excluding steroid dienone is 3. The molecule has 0 fully saturated rings. The third-order valence-corrected chi connectivity index (χ3v) is 8.52. The number of hydrogen-bond acceptors (Lipinski definition) is 4. The molecule has 0 aliphatic heterocycles. The minimum absolute atomic E-state index is 0.0237. The third-order valence-electron chi connectivity index (χ3n) is 8.52. The van der Waals surface area contributed by atoms with Gasteiger partial charge in [-0.2, -0.15) is 0 Å². The molecule has 4 N–H and O–H groups in total. The van der Waals surface area contributed by atoms with Gasteiger partial charge in [-0.05, 0) is 93.9 Å². The summed E-state index contributed by atoms with van der Waals surface area (Å²) in [4.78, 5) is 0. The molecule has 2 aliphatic rings. The first-order chi connectivity index (χ1) is 20.0. The Hall–Kier alpha value is -5.22. The molecule has 4 heteroatoms. The molecule has 41 heavy (non-hydrogen) atoms. The fourth-order valence-electron chi connectivity index (χ4n) is 6.72. The van der Waals surface area contributed by atoms with Crippen LogP contribution in [0.4, 0.5) is 0 Å². The standard InChI is InChI=1S/C37H28O4/c38-27-13-15-29-30-16-14-28(39)22-34(30)37(33(29)21-27,25-11-17-35(40)31(19-25)23-7-3-1-4-8-23)26-12-18-36(41)32(20-26)24-9-5-2-6-10-24/h1-15,17-22,30,38-41H,16H2. The number of phenolic OH excluding ortho intramolecular Hbond substituents is 3. The lowest BCUT2D eigenvalue weighted by molar-refractivity contribution is 0.421. The maximum atomic E-state index is 11.0. The van der Waals surface area contributed by atoms with Crippen LogP contribution in [0.25, 0.3) is 22.3 Å². The van der Waals surface area contributed by atoms with Crippen LogP contribution in [0.1, 0.15) is 34.6 Å². The van der Waals surface area contributed by atoms with E-state index in [0.29, 0.717) is 17.5 Å². The number of aromatic hydroxyl groups is 3. The van der Waals surface area contributed by atoms with Crippen LogP contribution in [0.2, 0.25) is 0 Å². The fourth-order valence-corrected chi connectivity index (χ4v) is 6.72. The predicted molar refractivity (Wildman–Crippen MR) is 161 cm³/mol. The van der Waals surface area contributed by atoms with E-state index in [1.807, 2.05) is 109 Å². The number of aliphatic hydroxyl groups is 1. The highest BCUT2D eigenvalue weighted by atomic mass is 16.3. The fraction of sp³-hybridized carbons (Fsp3) is 0.0811. The van der Waals surface area contributed by atoms with Crippen molar-refractivity contribution in [3.8, 4) is 39.5 Å². The monoisotopic (exact) mass is 536 g/mol. The summed E-state index contributed by atoms with van der Waals surface area (Å²) in [5, 5.41) is 43.6. The van der Waals surface area contributed by atoms with Crippen molar-refractivity contribution in [2.45, 2.75) is 17.8 Å². The van der Waals surface area contributed by atoms with E-state index < -0.39 is 5.41 Å². The van der Waals surface area contributed by atoms with Crippen molar-refractivity contribution in [2.24, 2.45) is 0 Å². The van der Waals surface area contributed by atoms with Crippen LogP contribution in [0.15, 0.2) is 139 Å². The van der Waals surface area contributed by atoms with E-state index in [1.165, 1.54) is 0 Å². The van der Waals surface area contributed by atoms with Gasteiger partial charge in [0.05, 0.1) is 5.41 Å². The van der Waals surface area contributed by atoms with Gasteiger partial charge in [-0.1, -0.05) is 78.9 Å². The Morgan fingerprint density at radius 1 is 0.585 bits per heavy atom. The molecule has 0 amide bonds. The van der Waals surface area contributed by atoms with E-state index in [-0.39, 0.29) is 28.9 Å². The van der Waals surface area contributed by atoms with Crippen LogP contribution in [0, 0.1) is 0 Å². The highest BCUT2D eigenvalue weighted by Gasteiger charge is 2.51. The molecule has 0 saturated carbocycles. The SMILES string of the molecule is OC1=CCC2C(=C1)C(c1ccc(O)c(-c3ccccc3)c1)(c1ccc(O)c(-c3ccccc3)c1)c1cc(O)ccc12. The lowest BCUT2D eigenvalue weighted by Gasteiger charge is -2.36. The molecule has 7 rings (SSSR count). The van der Waals surface area contributed by atoms with Crippen molar-refractivity contribution in [3.05, 3.63) is 161 Å².